The van der Waals surface area contributed by atoms with E-state index in [9.17, 15) is 4.79 Å². The lowest BCUT2D eigenvalue weighted by molar-refractivity contribution is -0.117. The molecule has 1 saturated carbocycles. The third kappa shape index (κ3) is 2.42. The first-order valence-corrected chi connectivity index (χ1v) is 7.09. The number of hydrogen-bond donors (Lipinski definition) is 1. The second-order valence-electron chi connectivity index (χ2n) is 4.60. The Labute approximate surface area is 119 Å². The van der Waals surface area contributed by atoms with Crippen LogP contribution in [0.25, 0.3) is 10.1 Å². The Bertz CT molecular complexity index is 691. The third-order valence-electron chi connectivity index (χ3n) is 3.26. The number of amides is 1. The fourth-order valence-corrected chi connectivity index (χ4v) is 3.34. The predicted octanol–water partition coefficient (Wildman–Crippen LogP) is 3.44. The minimum atomic E-state index is -0.0153. The number of thiophene rings is 1. The van der Waals surface area contributed by atoms with Gasteiger partial charge >= 0.3 is 0 Å². The number of aromatic nitrogens is 1. The smallest absolute Gasteiger partial charge is 0.228 e. The van der Waals surface area contributed by atoms with Crippen molar-refractivity contribution in [3.8, 4) is 6.07 Å². The Kier molecular flexibility index (Phi) is 3.13. The maximum Gasteiger partial charge on any atom is 0.228 e. The zero-order valence-corrected chi connectivity index (χ0v) is 11.5. The van der Waals surface area contributed by atoms with Crippen LogP contribution in [0.2, 0.25) is 5.02 Å². The van der Waals surface area contributed by atoms with Crippen molar-refractivity contribution in [2.45, 2.75) is 12.8 Å². The van der Waals surface area contributed by atoms with Crippen LogP contribution >= 0.6 is 22.9 Å². The molecule has 0 saturated heterocycles. The van der Waals surface area contributed by atoms with Crippen LogP contribution in [0.4, 0.5) is 5.00 Å². The van der Waals surface area contributed by atoms with E-state index < -0.39 is 0 Å². The first kappa shape index (κ1) is 12.4. The fraction of sp³-hybridized carbons (Fsp3) is 0.308. The van der Waals surface area contributed by atoms with E-state index in [1.54, 1.807) is 12.4 Å². The normalized spacial score (nSPS) is 21.1. The third-order valence-corrected chi connectivity index (χ3v) is 4.54. The quantitative estimate of drug-likeness (QED) is 0.942. The van der Waals surface area contributed by atoms with E-state index >= 15 is 0 Å². The van der Waals surface area contributed by atoms with E-state index in [1.807, 2.05) is 6.07 Å². The van der Waals surface area contributed by atoms with Gasteiger partial charge in [0.15, 0.2) is 0 Å². The molecule has 2 atom stereocenters. The van der Waals surface area contributed by atoms with Crippen LogP contribution in [-0.4, -0.2) is 10.9 Å². The molecule has 6 heteroatoms. The van der Waals surface area contributed by atoms with Gasteiger partial charge in [0.2, 0.25) is 5.91 Å². The largest absolute Gasteiger partial charge is 0.317 e. The van der Waals surface area contributed by atoms with Gasteiger partial charge in [0.05, 0.1) is 20.8 Å². The highest BCUT2D eigenvalue weighted by atomic mass is 35.5. The molecule has 19 heavy (non-hydrogen) atoms. The van der Waals surface area contributed by atoms with Crippen LogP contribution in [0.15, 0.2) is 18.5 Å². The standard InChI is InChI=1S/C13H10ClN3OS/c14-10-5-16-6-11-9(10)4-12(19-11)17-13(18)8-3-7(8)1-2-15/h4-8H,1,3H2,(H,17,18)/t7?,8-/m1/s1. The molecule has 96 valence electrons. The molecule has 1 aliphatic rings. The highest BCUT2D eigenvalue weighted by Gasteiger charge is 2.42. The fourth-order valence-electron chi connectivity index (χ4n) is 2.11. The number of halogens is 1. The SMILES string of the molecule is N#CCC1C[C@H]1C(=O)Nc1cc2c(Cl)cncc2s1. The number of hydrogen-bond acceptors (Lipinski definition) is 4. The lowest BCUT2D eigenvalue weighted by Crippen LogP contribution is -2.13. The summed E-state index contributed by atoms with van der Waals surface area (Å²) >= 11 is 7.50. The average molecular weight is 292 g/mol. The molecule has 2 aromatic rings. The van der Waals surface area contributed by atoms with Crippen molar-refractivity contribution in [3.63, 3.8) is 0 Å². The van der Waals surface area contributed by atoms with Crippen molar-refractivity contribution >= 4 is 43.9 Å². The Morgan fingerprint density at radius 3 is 3.21 bits per heavy atom. The number of nitrogens with zero attached hydrogens (tertiary/aromatic N) is 2. The number of rotatable bonds is 3. The predicted molar refractivity (Wildman–Crippen MR) is 75.1 cm³/mol. The number of nitriles is 1. The van der Waals surface area contributed by atoms with Crippen molar-refractivity contribution in [2.24, 2.45) is 11.8 Å². The summed E-state index contributed by atoms with van der Waals surface area (Å²) in [5.74, 6) is 0.207. The van der Waals surface area contributed by atoms with E-state index in [0.717, 1.165) is 21.5 Å². The number of pyridine rings is 1. The number of anilines is 1. The first-order valence-electron chi connectivity index (χ1n) is 5.90. The van der Waals surface area contributed by atoms with Crippen molar-refractivity contribution in [1.82, 2.24) is 4.98 Å². The van der Waals surface area contributed by atoms with Gasteiger partial charge in [-0.3, -0.25) is 9.78 Å². The molecule has 1 N–H and O–H groups in total. The molecular weight excluding hydrogens is 282 g/mol. The zero-order chi connectivity index (χ0) is 13.4. The molecule has 2 heterocycles. The van der Waals surface area contributed by atoms with E-state index in [-0.39, 0.29) is 17.7 Å². The maximum absolute atomic E-state index is 12.0. The summed E-state index contributed by atoms with van der Waals surface area (Å²) in [6.45, 7) is 0. The van der Waals surface area contributed by atoms with Gasteiger partial charge in [-0.25, -0.2) is 0 Å². The molecule has 0 spiro atoms. The lowest BCUT2D eigenvalue weighted by atomic mass is 10.2. The molecule has 4 nitrogen and oxygen atoms in total. The lowest BCUT2D eigenvalue weighted by Gasteiger charge is -1.99. The minimum Gasteiger partial charge on any atom is -0.317 e. The van der Waals surface area contributed by atoms with E-state index in [1.165, 1.54) is 11.3 Å². The molecule has 0 radical (unpaired) electrons. The van der Waals surface area contributed by atoms with Crippen LogP contribution in [-0.2, 0) is 4.79 Å². The molecule has 0 aliphatic heterocycles. The van der Waals surface area contributed by atoms with Gasteiger partial charge in [-0.15, -0.1) is 11.3 Å². The molecular formula is C13H10ClN3OS. The van der Waals surface area contributed by atoms with E-state index in [4.69, 9.17) is 16.9 Å². The molecule has 0 bridgehead atoms. The molecule has 1 unspecified atom stereocenters. The molecule has 1 amide bonds. The second-order valence-corrected chi connectivity index (χ2v) is 6.09. The summed E-state index contributed by atoms with van der Waals surface area (Å²) < 4.78 is 0.951. The highest BCUT2D eigenvalue weighted by Crippen LogP contribution is 2.42. The van der Waals surface area contributed by atoms with Crippen LogP contribution in [0.3, 0.4) is 0 Å². The number of carbonyl (C=O) groups excluding carboxylic acids is 1. The van der Waals surface area contributed by atoms with Crippen molar-refractivity contribution in [3.05, 3.63) is 23.5 Å². The van der Waals surface area contributed by atoms with Gasteiger partial charge in [-0.1, -0.05) is 11.6 Å². The highest BCUT2D eigenvalue weighted by molar-refractivity contribution is 7.23. The summed E-state index contributed by atoms with van der Waals surface area (Å²) in [6, 6.07) is 3.97. The molecule has 0 aromatic carbocycles. The van der Waals surface area contributed by atoms with Crippen LogP contribution < -0.4 is 5.32 Å². The zero-order valence-electron chi connectivity index (χ0n) is 9.89. The van der Waals surface area contributed by atoms with Gasteiger partial charge in [0, 0.05) is 30.1 Å². The molecule has 3 rings (SSSR count). The van der Waals surface area contributed by atoms with Gasteiger partial charge in [0.1, 0.15) is 0 Å². The Hall–Kier alpha value is -1.64. The van der Waals surface area contributed by atoms with Crippen molar-refractivity contribution < 1.29 is 4.79 Å². The van der Waals surface area contributed by atoms with Crippen LogP contribution in [0.5, 0.6) is 0 Å². The first-order chi connectivity index (χ1) is 9.19. The number of carbonyl (C=O) groups is 1. The molecule has 1 fully saturated rings. The van der Waals surface area contributed by atoms with Gasteiger partial charge in [-0.05, 0) is 18.4 Å². The van der Waals surface area contributed by atoms with Crippen molar-refractivity contribution in [1.29, 1.82) is 5.26 Å². The summed E-state index contributed by atoms with van der Waals surface area (Å²) in [4.78, 5) is 16.0. The van der Waals surface area contributed by atoms with Gasteiger partial charge < -0.3 is 5.32 Å². The summed E-state index contributed by atoms with van der Waals surface area (Å²) in [7, 11) is 0. The minimum absolute atomic E-state index is 0.00381. The Morgan fingerprint density at radius 2 is 2.47 bits per heavy atom. The second kappa shape index (κ2) is 4.80. The summed E-state index contributed by atoms with van der Waals surface area (Å²) in [5.41, 5.74) is 0. The van der Waals surface area contributed by atoms with Gasteiger partial charge in [0.25, 0.3) is 0 Å². The summed E-state index contributed by atoms with van der Waals surface area (Å²) in [6.07, 6.45) is 4.59. The summed E-state index contributed by atoms with van der Waals surface area (Å²) in [5, 5.41) is 13.7. The Morgan fingerprint density at radius 1 is 1.63 bits per heavy atom. The maximum atomic E-state index is 12.0. The van der Waals surface area contributed by atoms with E-state index in [0.29, 0.717) is 11.4 Å². The number of nitrogens with one attached hydrogen (secondary N) is 1. The Balaban J connectivity index is 1.74. The molecule has 1 aliphatic carbocycles. The topological polar surface area (TPSA) is 65.8 Å². The van der Waals surface area contributed by atoms with Gasteiger partial charge in [-0.2, -0.15) is 5.26 Å². The monoisotopic (exact) mass is 291 g/mol. The number of fused-ring (bicyclic) bond motifs is 1. The van der Waals surface area contributed by atoms with Crippen LogP contribution in [0, 0.1) is 23.2 Å². The van der Waals surface area contributed by atoms with E-state index in [2.05, 4.69) is 16.4 Å². The average Bonchev–Trinajstić information content (AvgIpc) is 3.02. The van der Waals surface area contributed by atoms with Crippen molar-refractivity contribution in [2.75, 3.05) is 5.32 Å². The van der Waals surface area contributed by atoms with Crippen LogP contribution in [0.1, 0.15) is 12.8 Å². The molecule has 2 aromatic heterocycles.